The molecule has 2 nitrogen and oxygen atoms in total. The van der Waals surface area contributed by atoms with Gasteiger partial charge >= 0.3 is 0 Å². The predicted octanol–water partition coefficient (Wildman–Crippen LogP) is 3.63. The summed E-state index contributed by atoms with van der Waals surface area (Å²) >= 11 is 3.61. The smallest absolute Gasteiger partial charge is 0.125 e. The number of hydrogen-bond acceptors (Lipinski definition) is 2. The number of hydrogen-bond donors (Lipinski definition) is 1. The summed E-state index contributed by atoms with van der Waals surface area (Å²) in [6.07, 6.45) is 2.27. The Labute approximate surface area is 105 Å². The second-order valence-electron chi connectivity index (χ2n) is 4.52. The molecule has 1 aromatic carbocycles. The largest absolute Gasteiger partial charge is 0.488 e. The molecule has 88 valence electrons. The summed E-state index contributed by atoms with van der Waals surface area (Å²) in [5.74, 6) is 0.976. The van der Waals surface area contributed by atoms with E-state index in [0.717, 1.165) is 23.1 Å². The van der Waals surface area contributed by atoms with E-state index in [4.69, 9.17) is 10.5 Å². The van der Waals surface area contributed by atoms with Crippen molar-refractivity contribution < 1.29 is 4.74 Å². The Kier molecular flexibility index (Phi) is 3.27. The first-order valence-electron chi connectivity index (χ1n) is 5.78. The zero-order chi connectivity index (χ0) is 11.9. The maximum absolute atomic E-state index is 6.25. The van der Waals surface area contributed by atoms with E-state index in [1.807, 2.05) is 0 Å². The lowest BCUT2D eigenvalue weighted by molar-refractivity contribution is 0.194. The third-order valence-electron chi connectivity index (χ3n) is 3.28. The van der Waals surface area contributed by atoms with Gasteiger partial charge in [0, 0.05) is 10.0 Å². The molecule has 0 amide bonds. The first-order chi connectivity index (χ1) is 7.56. The van der Waals surface area contributed by atoms with Crippen molar-refractivity contribution in [3.05, 3.63) is 27.2 Å². The maximum atomic E-state index is 6.25. The van der Waals surface area contributed by atoms with Gasteiger partial charge in [0.1, 0.15) is 11.9 Å². The fourth-order valence-electron chi connectivity index (χ4n) is 2.39. The van der Waals surface area contributed by atoms with Crippen molar-refractivity contribution in [1.82, 2.24) is 0 Å². The van der Waals surface area contributed by atoms with Crippen molar-refractivity contribution in [3.8, 4) is 5.75 Å². The molecule has 1 aliphatic rings. The van der Waals surface area contributed by atoms with Crippen LogP contribution >= 0.6 is 15.9 Å². The van der Waals surface area contributed by atoms with Crippen LogP contribution in [0.25, 0.3) is 0 Å². The molecule has 1 aliphatic heterocycles. The molecular weight excluding hydrogens is 266 g/mol. The molecule has 3 heteroatoms. The number of benzene rings is 1. The number of ether oxygens (including phenoxy) is 1. The standard InChI is InChI=1S/C13H18BrNO/c1-4-5-9-13(15)11-8(3)12(14)7(2)6-10(11)16-9/h6,9,13H,4-5,15H2,1-3H3. The van der Waals surface area contributed by atoms with Crippen LogP contribution < -0.4 is 10.5 Å². The van der Waals surface area contributed by atoms with E-state index in [2.05, 4.69) is 42.8 Å². The average molecular weight is 284 g/mol. The van der Waals surface area contributed by atoms with Gasteiger partial charge < -0.3 is 10.5 Å². The molecule has 0 aromatic heterocycles. The highest BCUT2D eigenvalue weighted by Gasteiger charge is 2.33. The molecule has 0 saturated heterocycles. The molecule has 0 bridgehead atoms. The molecule has 1 aromatic rings. The molecule has 2 N–H and O–H groups in total. The van der Waals surface area contributed by atoms with Crippen LogP contribution in [0.3, 0.4) is 0 Å². The van der Waals surface area contributed by atoms with Crippen LogP contribution in [0, 0.1) is 13.8 Å². The minimum Gasteiger partial charge on any atom is -0.488 e. The molecule has 2 unspecified atom stereocenters. The van der Waals surface area contributed by atoms with E-state index in [9.17, 15) is 0 Å². The van der Waals surface area contributed by atoms with E-state index >= 15 is 0 Å². The highest BCUT2D eigenvalue weighted by molar-refractivity contribution is 9.10. The van der Waals surface area contributed by atoms with Crippen molar-refractivity contribution in [2.75, 3.05) is 0 Å². The van der Waals surface area contributed by atoms with Gasteiger partial charge in [0.25, 0.3) is 0 Å². The van der Waals surface area contributed by atoms with Gasteiger partial charge in [0.15, 0.2) is 0 Å². The third-order valence-corrected chi connectivity index (χ3v) is 4.50. The van der Waals surface area contributed by atoms with Gasteiger partial charge in [-0.15, -0.1) is 0 Å². The Morgan fingerprint density at radius 1 is 1.44 bits per heavy atom. The Morgan fingerprint density at radius 2 is 2.12 bits per heavy atom. The molecule has 0 spiro atoms. The monoisotopic (exact) mass is 283 g/mol. The number of halogens is 1. The lowest BCUT2D eigenvalue weighted by Crippen LogP contribution is -2.25. The second-order valence-corrected chi connectivity index (χ2v) is 5.31. The number of aryl methyl sites for hydroxylation is 1. The Hall–Kier alpha value is -0.540. The summed E-state index contributed by atoms with van der Waals surface area (Å²) in [5.41, 5.74) is 9.86. The van der Waals surface area contributed by atoms with Crippen LogP contribution in [0.15, 0.2) is 10.5 Å². The lowest BCUT2D eigenvalue weighted by atomic mass is 9.96. The van der Waals surface area contributed by atoms with Crippen LogP contribution in [0.1, 0.15) is 42.5 Å². The van der Waals surface area contributed by atoms with Crippen LogP contribution in [0.2, 0.25) is 0 Å². The minimum absolute atomic E-state index is 0.0202. The summed E-state index contributed by atoms with van der Waals surface area (Å²) in [7, 11) is 0. The lowest BCUT2D eigenvalue weighted by Gasteiger charge is -2.14. The molecule has 1 heterocycles. The summed E-state index contributed by atoms with van der Waals surface area (Å²) in [5, 5.41) is 0. The highest BCUT2D eigenvalue weighted by Crippen LogP contribution is 2.42. The van der Waals surface area contributed by atoms with Crippen molar-refractivity contribution >= 4 is 15.9 Å². The van der Waals surface area contributed by atoms with Crippen LogP contribution in [-0.2, 0) is 0 Å². The molecule has 2 atom stereocenters. The Morgan fingerprint density at radius 3 is 2.75 bits per heavy atom. The summed E-state index contributed by atoms with van der Waals surface area (Å²) in [6.45, 7) is 6.35. The molecule has 0 aliphatic carbocycles. The van der Waals surface area contributed by atoms with Gasteiger partial charge in [-0.05, 0) is 37.5 Å². The van der Waals surface area contributed by atoms with Crippen molar-refractivity contribution in [3.63, 3.8) is 0 Å². The Balaban J connectivity index is 2.44. The van der Waals surface area contributed by atoms with Gasteiger partial charge in [-0.3, -0.25) is 0 Å². The van der Waals surface area contributed by atoms with Gasteiger partial charge in [-0.25, -0.2) is 0 Å². The maximum Gasteiger partial charge on any atom is 0.125 e. The van der Waals surface area contributed by atoms with Gasteiger partial charge in [-0.2, -0.15) is 0 Å². The molecule has 2 rings (SSSR count). The van der Waals surface area contributed by atoms with E-state index in [-0.39, 0.29) is 12.1 Å². The predicted molar refractivity (Wildman–Crippen MR) is 69.9 cm³/mol. The van der Waals surface area contributed by atoms with Crippen LogP contribution in [-0.4, -0.2) is 6.10 Å². The van der Waals surface area contributed by atoms with Gasteiger partial charge in [0.2, 0.25) is 0 Å². The van der Waals surface area contributed by atoms with E-state index in [0.29, 0.717) is 0 Å². The Bertz CT molecular complexity index is 417. The first kappa shape index (κ1) is 11.9. The van der Waals surface area contributed by atoms with E-state index in [1.165, 1.54) is 16.7 Å². The van der Waals surface area contributed by atoms with Crippen LogP contribution in [0.5, 0.6) is 5.75 Å². The quantitative estimate of drug-likeness (QED) is 0.900. The molecule has 0 fully saturated rings. The van der Waals surface area contributed by atoms with Crippen LogP contribution in [0.4, 0.5) is 0 Å². The van der Waals surface area contributed by atoms with Crippen molar-refractivity contribution in [1.29, 1.82) is 0 Å². The number of fused-ring (bicyclic) bond motifs is 1. The minimum atomic E-state index is 0.0202. The normalized spacial score (nSPS) is 23.1. The fourth-order valence-corrected chi connectivity index (χ4v) is 2.72. The molecular formula is C13H18BrNO. The van der Waals surface area contributed by atoms with Gasteiger partial charge in [-0.1, -0.05) is 29.3 Å². The van der Waals surface area contributed by atoms with E-state index in [1.54, 1.807) is 0 Å². The number of rotatable bonds is 2. The average Bonchev–Trinajstić information content (AvgIpc) is 2.53. The molecule has 0 radical (unpaired) electrons. The van der Waals surface area contributed by atoms with Crippen molar-refractivity contribution in [2.45, 2.75) is 45.8 Å². The second kappa shape index (κ2) is 4.38. The summed E-state index contributed by atoms with van der Waals surface area (Å²) in [6, 6.07) is 2.11. The molecule has 0 saturated carbocycles. The third kappa shape index (κ3) is 1.76. The highest BCUT2D eigenvalue weighted by atomic mass is 79.9. The summed E-state index contributed by atoms with van der Waals surface area (Å²) in [4.78, 5) is 0. The van der Waals surface area contributed by atoms with E-state index < -0.39 is 0 Å². The zero-order valence-corrected chi connectivity index (χ0v) is 11.6. The first-order valence-corrected chi connectivity index (χ1v) is 6.57. The molecule has 16 heavy (non-hydrogen) atoms. The number of nitrogens with two attached hydrogens (primary N) is 1. The SMILES string of the molecule is CCCC1Oc2cc(C)c(Br)c(C)c2C1N. The fraction of sp³-hybridized carbons (Fsp3) is 0.538. The van der Waals surface area contributed by atoms with Crippen molar-refractivity contribution in [2.24, 2.45) is 5.73 Å². The summed E-state index contributed by atoms with van der Waals surface area (Å²) < 4.78 is 7.09. The zero-order valence-electron chi connectivity index (χ0n) is 10.0. The van der Waals surface area contributed by atoms with Gasteiger partial charge in [0.05, 0.1) is 6.04 Å². The topological polar surface area (TPSA) is 35.2 Å².